The molecule has 1 saturated heterocycles. The van der Waals surface area contributed by atoms with Crippen LogP contribution in [-0.4, -0.2) is 34.0 Å². The van der Waals surface area contributed by atoms with Crippen molar-refractivity contribution in [3.8, 4) is 0 Å². The summed E-state index contributed by atoms with van der Waals surface area (Å²) in [7, 11) is 0. The topological polar surface area (TPSA) is 112 Å². The van der Waals surface area contributed by atoms with E-state index in [2.05, 4.69) is 0 Å². The largest absolute Gasteiger partial charge is 0.478 e. The average Bonchev–Trinajstić information content (AvgIpc) is 3.09. The number of amides is 2. The van der Waals surface area contributed by atoms with Crippen molar-refractivity contribution in [1.29, 1.82) is 0 Å². The Morgan fingerprint density at radius 3 is 1.33 bits per heavy atom. The number of hydrogen-bond donors (Lipinski definition) is 2. The molecule has 0 radical (unpaired) electrons. The number of carboxylic acid groups (broad SMARTS) is 2. The van der Waals surface area contributed by atoms with Gasteiger partial charge in [-0.05, 0) is 40.5 Å². The summed E-state index contributed by atoms with van der Waals surface area (Å²) in [4.78, 5) is 51.6. The quantitative estimate of drug-likeness (QED) is 0.605. The third kappa shape index (κ3) is 2.50. The van der Waals surface area contributed by atoms with Gasteiger partial charge >= 0.3 is 11.9 Å². The third-order valence-electron chi connectivity index (χ3n) is 7.12. The van der Waals surface area contributed by atoms with Crippen molar-refractivity contribution >= 4 is 29.4 Å². The summed E-state index contributed by atoms with van der Waals surface area (Å²) < 4.78 is 0. The van der Waals surface area contributed by atoms with Crippen molar-refractivity contribution in [1.82, 2.24) is 0 Å². The second-order valence-electron chi connectivity index (χ2n) is 8.66. The van der Waals surface area contributed by atoms with Crippen LogP contribution in [-0.2, 0) is 9.59 Å². The van der Waals surface area contributed by atoms with Crippen LogP contribution in [0.3, 0.4) is 0 Å². The maximum Gasteiger partial charge on any atom is 0.335 e. The van der Waals surface area contributed by atoms with Crippen LogP contribution in [0.1, 0.15) is 54.8 Å². The molecule has 162 valence electrons. The summed E-state index contributed by atoms with van der Waals surface area (Å²) in [6, 6.07) is 19.0. The van der Waals surface area contributed by atoms with Gasteiger partial charge in [-0.15, -0.1) is 0 Å². The minimum absolute atomic E-state index is 0.0239. The molecule has 7 heteroatoms. The maximum absolute atomic E-state index is 13.7. The van der Waals surface area contributed by atoms with Crippen molar-refractivity contribution in [2.75, 3.05) is 4.90 Å². The zero-order chi connectivity index (χ0) is 23.0. The van der Waals surface area contributed by atoms with E-state index < -0.39 is 35.6 Å². The molecule has 2 N–H and O–H groups in total. The fraction of sp³-hybridized carbons (Fsp3) is 0.154. The number of benzene rings is 3. The Bertz CT molecular complexity index is 1260. The number of carboxylic acids is 2. The van der Waals surface area contributed by atoms with E-state index in [0.717, 1.165) is 33.2 Å². The average molecular weight is 439 g/mol. The van der Waals surface area contributed by atoms with E-state index in [1.54, 1.807) is 0 Å². The van der Waals surface area contributed by atoms with E-state index in [1.165, 1.54) is 12.1 Å². The van der Waals surface area contributed by atoms with Gasteiger partial charge < -0.3 is 10.2 Å². The first-order valence-corrected chi connectivity index (χ1v) is 10.6. The van der Waals surface area contributed by atoms with Gasteiger partial charge in [0.15, 0.2) is 0 Å². The number of aromatic carboxylic acids is 2. The van der Waals surface area contributed by atoms with Gasteiger partial charge in [0.2, 0.25) is 11.8 Å². The van der Waals surface area contributed by atoms with Crippen molar-refractivity contribution in [2.24, 2.45) is 11.8 Å². The summed E-state index contributed by atoms with van der Waals surface area (Å²) in [6.45, 7) is 0. The molecule has 2 atom stereocenters. The number of imide groups is 1. The first kappa shape index (κ1) is 19.4. The molecule has 2 amide bonds. The van der Waals surface area contributed by atoms with Crippen LogP contribution < -0.4 is 4.90 Å². The summed E-state index contributed by atoms with van der Waals surface area (Å²) >= 11 is 0. The molecule has 0 unspecified atom stereocenters. The summed E-state index contributed by atoms with van der Waals surface area (Å²) in [5.74, 6) is -5.38. The number of carbonyl (C=O) groups excluding carboxylic acids is 2. The lowest BCUT2D eigenvalue weighted by Crippen LogP contribution is -2.41. The van der Waals surface area contributed by atoms with Crippen LogP contribution >= 0.6 is 0 Å². The van der Waals surface area contributed by atoms with E-state index in [1.807, 2.05) is 48.5 Å². The molecule has 1 heterocycles. The van der Waals surface area contributed by atoms with Crippen LogP contribution in [0.4, 0.5) is 5.69 Å². The highest BCUT2D eigenvalue weighted by molar-refractivity contribution is 6.24. The molecule has 33 heavy (non-hydrogen) atoms. The summed E-state index contributed by atoms with van der Waals surface area (Å²) in [5, 5.41) is 18.9. The lowest BCUT2D eigenvalue weighted by atomic mass is 9.55. The Hall–Kier alpha value is -4.26. The number of rotatable bonds is 3. The standard InChI is InChI=1S/C26H17NO6/c28-23-21-19-15-5-1-2-6-16(15)20(18-8-4-3-7-17(18)19)22(21)24(29)27(23)14-10-12(25(30)31)9-13(11-14)26(32)33/h1-11,19-22H,(H,30,31)(H,32,33)/t19?,20?,21-,22-/m1/s1. The number of anilines is 1. The van der Waals surface area contributed by atoms with Gasteiger partial charge in [-0.2, -0.15) is 0 Å². The molecule has 7 rings (SSSR count). The number of nitrogens with zero attached hydrogens (tertiary/aromatic N) is 1. The van der Waals surface area contributed by atoms with Gasteiger partial charge in [0.1, 0.15) is 0 Å². The van der Waals surface area contributed by atoms with E-state index >= 15 is 0 Å². The van der Waals surface area contributed by atoms with E-state index in [4.69, 9.17) is 0 Å². The van der Waals surface area contributed by atoms with Crippen molar-refractivity contribution in [3.63, 3.8) is 0 Å². The SMILES string of the molecule is O=C(O)c1cc(C(=O)O)cc(N2C(=O)[C@@H]3C4c5ccccc5C(c5ccccc54)[C@H]3C2=O)c1. The molecule has 3 aliphatic carbocycles. The number of hydrogen-bond acceptors (Lipinski definition) is 4. The normalized spacial score (nSPS) is 24.3. The smallest absolute Gasteiger partial charge is 0.335 e. The second-order valence-corrected chi connectivity index (χ2v) is 8.66. The Labute approximate surface area is 187 Å². The maximum atomic E-state index is 13.7. The van der Waals surface area contributed by atoms with E-state index in [0.29, 0.717) is 0 Å². The predicted octanol–water partition coefficient (Wildman–Crippen LogP) is 3.48. The molecule has 1 aliphatic heterocycles. The highest BCUT2D eigenvalue weighted by atomic mass is 16.4. The zero-order valence-corrected chi connectivity index (χ0v) is 17.1. The molecule has 2 bridgehead atoms. The zero-order valence-electron chi connectivity index (χ0n) is 17.1. The van der Waals surface area contributed by atoms with Crippen LogP contribution in [0.25, 0.3) is 0 Å². The lowest BCUT2D eigenvalue weighted by molar-refractivity contribution is -0.122. The minimum atomic E-state index is -1.34. The molecular formula is C26H17NO6. The van der Waals surface area contributed by atoms with Gasteiger partial charge in [-0.1, -0.05) is 48.5 Å². The molecule has 0 spiro atoms. The van der Waals surface area contributed by atoms with Gasteiger partial charge in [-0.25, -0.2) is 14.5 Å². The highest BCUT2D eigenvalue weighted by Crippen LogP contribution is 2.61. The first-order chi connectivity index (χ1) is 15.9. The van der Waals surface area contributed by atoms with Crippen LogP contribution in [0, 0.1) is 11.8 Å². The fourth-order valence-corrected chi connectivity index (χ4v) is 5.92. The van der Waals surface area contributed by atoms with Crippen molar-refractivity contribution in [3.05, 3.63) is 100 Å². The molecular weight excluding hydrogens is 422 g/mol. The van der Waals surface area contributed by atoms with E-state index in [9.17, 15) is 29.4 Å². The summed E-state index contributed by atoms with van der Waals surface area (Å²) in [5.41, 5.74) is 3.48. The van der Waals surface area contributed by atoms with E-state index in [-0.39, 0.29) is 28.7 Å². The lowest BCUT2D eigenvalue weighted by Gasteiger charge is -2.45. The second kappa shape index (κ2) is 6.62. The molecule has 0 saturated carbocycles. The minimum Gasteiger partial charge on any atom is -0.478 e. The monoisotopic (exact) mass is 439 g/mol. The Kier molecular flexibility index (Phi) is 3.90. The van der Waals surface area contributed by atoms with Gasteiger partial charge in [0.25, 0.3) is 0 Å². The van der Waals surface area contributed by atoms with Crippen molar-refractivity contribution < 1.29 is 29.4 Å². The van der Waals surface area contributed by atoms with Crippen LogP contribution in [0.2, 0.25) is 0 Å². The summed E-state index contributed by atoms with van der Waals surface area (Å²) in [6.07, 6.45) is 0. The molecule has 0 aromatic heterocycles. The number of carbonyl (C=O) groups is 4. The first-order valence-electron chi connectivity index (χ1n) is 10.6. The molecule has 3 aromatic carbocycles. The van der Waals surface area contributed by atoms with Crippen molar-refractivity contribution in [2.45, 2.75) is 11.8 Å². The van der Waals surface area contributed by atoms with Crippen LogP contribution in [0.15, 0.2) is 66.7 Å². The van der Waals surface area contributed by atoms with Gasteiger partial charge in [0, 0.05) is 11.8 Å². The molecule has 3 aromatic rings. The van der Waals surface area contributed by atoms with Gasteiger partial charge in [-0.3, -0.25) is 9.59 Å². The predicted molar refractivity (Wildman–Crippen MR) is 116 cm³/mol. The van der Waals surface area contributed by atoms with Crippen LogP contribution in [0.5, 0.6) is 0 Å². The molecule has 4 aliphatic rings. The highest BCUT2D eigenvalue weighted by Gasteiger charge is 2.61. The Morgan fingerprint density at radius 2 is 1.00 bits per heavy atom. The Balaban J connectivity index is 1.54. The van der Waals surface area contributed by atoms with Gasteiger partial charge in [0.05, 0.1) is 28.7 Å². The fourth-order valence-electron chi connectivity index (χ4n) is 5.92. The Morgan fingerprint density at radius 1 is 0.636 bits per heavy atom. The molecule has 1 fully saturated rings. The third-order valence-corrected chi connectivity index (χ3v) is 7.12. The molecule has 7 nitrogen and oxygen atoms in total.